The summed E-state index contributed by atoms with van der Waals surface area (Å²) in [5, 5.41) is 13.8. The number of ether oxygens (including phenoxy) is 2. The predicted molar refractivity (Wildman–Crippen MR) is 112 cm³/mol. The molecular weight excluding hydrogens is 410 g/mol. The van der Waals surface area contributed by atoms with Crippen LogP contribution in [-0.2, 0) is 11.3 Å². The van der Waals surface area contributed by atoms with Gasteiger partial charge in [0.05, 0.1) is 25.6 Å². The molecule has 10 heteroatoms. The summed E-state index contributed by atoms with van der Waals surface area (Å²) in [7, 11) is 3.02. The van der Waals surface area contributed by atoms with Gasteiger partial charge >= 0.3 is 0 Å². The van der Waals surface area contributed by atoms with Crippen LogP contribution in [0.25, 0.3) is 0 Å². The maximum Gasteiger partial charge on any atom is 0.278 e. The highest BCUT2D eigenvalue weighted by molar-refractivity contribution is 6.30. The van der Waals surface area contributed by atoms with Crippen LogP contribution in [0.2, 0.25) is 5.02 Å². The molecule has 2 N–H and O–H groups in total. The number of nitrogens with zero attached hydrogens (tertiary/aromatic N) is 3. The number of amides is 2. The third-order valence-electron chi connectivity index (χ3n) is 4.25. The van der Waals surface area contributed by atoms with Crippen LogP contribution in [0, 0.1) is 6.92 Å². The number of anilines is 2. The second kappa shape index (κ2) is 9.27. The van der Waals surface area contributed by atoms with Crippen molar-refractivity contribution < 1.29 is 19.1 Å². The number of carbonyl (C=O) groups excluding carboxylic acids is 2. The molecule has 0 radical (unpaired) electrons. The van der Waals surface area contributed by atoms with Crippen molar-refractivity contribution in [3.05, 3.63) is 58.9 Å². The van der Waals surface area contributed by atoms with Gasteiger partial charge in [-0.05, 0) is 37.3 Å². The first-order chi connectivity index (χ1) is 14.4. The molecule has 0 aliphatic carbocycles. The van der Waals surface area contributed by atoms with E-state index in [0.717, 1.165) is 0 Å². The van der Waals surface area contributed by atoms with E-state index in [9.17, 15) is 9.59 Å². The third kappa shape index (κ3) is 4.87. The first kappa shape index (κ1) is 21.1. The summed E-state index contributed by atoms with van der Waals surface area (Å²) in [5.74, 6) is 0.214. The molecule has 0 saturated carbocycles. The van der Waals surface area contributed by atoms with Crippen LogP contribution in [0.4, 0.5) is 11.4 Å². The lowest BCUT2D eigenvalue weighted by Gasteiger charge is -2.11. The molecule has 0 spiro atoms. The summed E-state index contributed by atoms with van der Waals surface area (Å²) in [6, 6.07) is 11.8. The van der Waals surface area contributed by atoms with E-state index in [0.29, 0.717) is 33.6 Å². The maximum atomic E-state index is 12.7. The standard InChI is InChI=1S/C20H20ClN5O4/c1-12-19(20(28)23-16-10-15(29-2)7-8-17(16)30-3)24-25-26(12)11-18(27)22-14-6-4-5-13(21)9-14/h4-10H,11H2,1-3H3,(H,22,27)(H,23,28). The van der Waals surface area contributed by atoms with E-state index in [1.54, 1.807) is 49.4 Å². The van der Waals surface area contributed by atoms with E-state index in [1.165, 1.54) is 18.9 Å². The third-order valence-corrected chi connectivity index (χ3v) is 4.49. The number of rotatable bonds is 7. The Bertz CT molecular complexity index is 1080. The van der Waals surface area contributed by atoms with Gasteiger partial charge in [-0.3, -0.25) is 9.59 Å². The van der Waals surface area contributed by atoms with Gasteiger partial charge < -0.3 is 20.1 Å². The van der Waals surface area contributed by atoms with Gasteiger partial charge in [-0.2, -0.15) is 0 Å². The van der Waals surface area contributed by atoms with Crippen molar-refractivity contribution in [1.82, 2.24) is 15.0 Å². The Kier molecular flexibility index (Phi) is 6.53. The fourth-order valence-corrected chi connectivity index (χ4v) is 2.91. The van der Waals surface area contributed by atoms with Gasteiger partial charge in [0, 0.05) is 16.8 Å². The van der Waals surface area contributed by atoms with Gasteiger partial charge in [-0.25, -0.2) is 4.68 Å². The Morgan fingerprint density at radius 1 is 1.10 bits per heavy atom. The molecule has 0 atom stereocenters. The van der Waals surface area contributed by atoms with Crippen molar-refractivity contribution in [3.8, 4) is 11.5 Å². The van der Waals surface area contributed by atoms with Crippen LogP contribution in [0.3, 0.4) is 0 Å². The molecule has 2 amide bonds. The molecule has 9 nitrogen and oxygen atoms in total. The Hall–Kier alpha value is -3.59. The normalized spacial score (nSPS) is 10.4. The largest absolute Gasteiger partial charge is 0.497 e. The van der Waals surface area contributed by atoms with Crippen LogP contribution in [-0.4, -0.2) is 41.0 Å². The molecule has 0 fully saturated rings. The number of aromatic nitrogens is 3. The molecule has 0 aliphatic heterocycles. The zero-order valence-electron chi connectivity index (χ0n) is 16.6. The summed E-state index contributed by atoms with van der Waals surface area (Å²) in [6.07, 6.45) is 0. The zero-order valence-corrected chi connectivity index (χ0v) is 17.4. The van der Waals surface area contributed by atoms with Gasteiger partial charge in [-0.15, -0.1) is 5.10 Å². The highest BCUT2D eigenvalue weighted by Gasteiger charge is 2.19. The monoisotopic (exact) mass is 429 g/mol. The minimum atomic E-state index is -0.486. The molecule has 3 rings (SSSR count). The number of carbonyl (C=O) groups is 2. The van der Waals surface area contributed by atoms with E-state index >= 15 is 0 Å². The van der Waals surface area contributed by atoms with E-state index < -0.39 is 5.91 Å². The Balaban J connectivity index is 1.71. The molecule has 156 valence electrons. The summed E-state index contributed by atoms with van der Waals surface area (Å²) >= 11 is 5.92. The topological polar surface area (TPSA) is 107 Å². The van der Waals surface area contributed by atoms with Crippen molar-refractivity contribution in [2.75, 3.05) is 24.9 Å². The average Bonchev–Trinajstić information content (AvgIpc) is 3.08. The zero-order chi connectivity index (χ0) is 21.7. The number of hydrogen-bond acceptors (Lipinski definition) is 6. The summed E-state index contributed by atoms with van der Waals surface area (Å²) in [5.41, 5.74) is 1.52. The van der Waals surface area contributed by atoms with Crippen molar-refractivity contribution in [1.29, 1.82) is 0 Å². The Labute approximate surface area is 177 Å². The van der Waals surface area contributed by atoms with Crippen LogP contribution in [0.5, 0.6) is 11.5 Å². The van der Waals surface area contributed by atoms with Gasteiger partial charge in [0.25, 0.3) is 5.91 Å². The number of hydrogen-bond donors (Lipinski definition) is 2. The molecule has 0 bridgehead atoms. The van der Waals surface area contributed by atoms with Crippen molar-refractivity contribution >= 4 is 34.8 Å². The van der Waals surface area contributed by atoms with Crippen molar-refractivity contribution in [3.63, 3.8) is 0 Å². The van der Waals surface area contributed by atoms with Crippen molar-refractivity contribution in [2.45, 2.75) is 13.5 Å². The van der Waals surface area contributed by atoms with Crippen LogP contribution >= 0.6 is 11.6 Å². The molecule has 0 saturated heterocycles. The maximum absolute atomic E-state index is 12.7. The summed E-state index contributed by atoms with van der Waals surface area (Å²) in [6.45, 7) is 1.55. The van der Waals surface area contributed by atoms with Gasteiger partial charge in [0.15, 0.2) is 5.69 Å². The van der Waals surface area contributed by atoms with Gasteiger partial charge in [0.2, 0.25) is 5.91 Å². The molecule has 1 heterocycles. The van der Waals surface area contributed by atoms with Gasteiger partial charge in [0.1, 0.15) is 18.0 Å². The fraction of sp³-hybridized carbons (Fsp3) is 0.200. The van der Waals surface area contributed by atoms with Crippen molar-refractivity contribution in [2.24, 2.45) is 0 Å². The lowest BCUT2D eigenvalue weighted by atomic mass is 10.2. The fourth-order valence-electron chi connectivity index (χ4n) is 2.72. The van der Waals surface area contributed by atoms with E-state index in [-0.39, 0.29) is 18.1 Å². The number of halogens is 1. The molecule has 0 unspecified atom stereocenters. The highest BCUT2D eigenvalue weighted by Crippen LogP contribution is 2.29. The predicted octanol–water partition coefficient (Wildman–Crippen LogP) is 3.15. The first-order valence-corrected chi connectivity index (χ1v) is 9.28. The van der Waals surface area contributed by atoms with Crippen LogP contribution < -0.4 is 20.1 Å². The molecule has 0 aliphatic rings. The Morgan fingerprint density at radius 2 is 1.90 bits per heavy atom. The minimum absolute atomic E-state index is 0.0930. The highest BCUT2D eigenvalue weighted by atomic mass is 35.5. The van der Waals surface area contributed by atoms with Crippen LogP contribution in [0.1, 0.15) is 16.2 Å². The molecule has 1 aromatic heterocycles. The smallest absolute Gasteiger partial charge is 0.278 e. The number of benzene rings is 2. The lowest BCUT2D eigenvalue weighted by Crippen LogP contribution is -2.21. The molecular formula is C20H20ClN5O4. The quantitative estimate of drug-likeness (QED) is 0.597. The number of methoxy groups -OCH3 is 2. The average molecular weight is 430 g/mol. The van der Waals surface area contributed by atoms with E-state index in [1.807, 2.05) is 0 Å². The summed E-state index contributed by atoms with van der Waals surface area (Å²) in [4.78, 5) is 25.0. The second-order valence-corrected chi connectivity index (χ2v) is 6.70. The molecule has 2 aromatic carbocycles. The summed E-state index contributed by atoms with van der Waals surface area (Å²) < 4.78 is 11.8. The van der Waals surface area contributed by atoms with E-state index in [4.69, 9.17) is 21.1 Å². The van der Waals surface area contributed by atoms with Crippen LogP contribution in [0.15, 0.2) is 42.5 Å². The van der Waals surface area contributed by atoms with Gasteiger partial charge in [-0.1, -0.05) is 22.9 Å². The van der Waals surface area contributed by atoms with E-state index in [2.05, 4.69) is 20.9 Å². The lowest BCUT2D eigenvalue weighted by molar-refractivity contribution is -0.117. The first-order valence-electron chi connectivity index (χ1n) is 8.90. The minimum Gasteiger partial charge on any atom is -0.497 e. The SMILES string of the molecule is COc1ccc(OC)c(NC(=O)c2nnn(CC(=O)Nc3cccc(Cl)c3)c2C)c1. The molecule has 30 heavy (non-hydrogen) atoms. The number of nitrogens with one attached hydrogen (secondary N) is 2. The second-order valence-electron chi connectivity index (χ2n) is 6.26. The molecule has 3 aromatic rings. The Morgan fingerprint density at radius 3 is 2.60 bits per heavy atom.